The molecule has 1 atom stereocenters. The first-order valence-electron chi connectivity index (χ1n) is 4.53. The molecule has 1 aliphatic heterocycles. The predicted octanol–water partition coefficient (Wildman–Crippen LogP) is 1.05. The first-order valence-corrected chi connectivity index (χ1v) is 4.53. The van der Waals surface area contributed by atoms with Crippen molar-refractivity contribution in [2.75, 3.05) is 6.61 Å². The van der Waals surface area contributed by atoms with Crippen LogP contribution in [0.15, 0.2) is 0 Å². The maximum absolute atomic E-state index is 9.62. The Hall–Kier alpha value is -0.120. The number of ether oxygens (including phenoxy) is 2. The molecule has 1 saturated carbocycles. The summed E-state index contributed by atoms with van der Waals surface area (Å²) in [4.78, 5) is 0. The summed E-state index contributed by atoms with van der Waals surface area (Å²) in [7, 11) is 0. The second-order valence-electron chi connectivity index (χ2n) is 4.38. The van der Waals surface area contributed by atoms with Crippen molar-refractivity contribution >= 4 is 0 Å². The number of hydrogen-bond donors (Lipinski definition) is 1. The van der Waals surface area contributed by atoms with E-state index >= 15 is 0 Å². The predicted molar refractivity (Wildman–Crippen MR) is 43.7 cm³/mol. The van der Waals surface area contributed by atoms with Gasteiger partial charge in [0.05, 0.1) is 18.3 Å². The molecule has 1 N–H and O–H groups in total. The molecule has 0 aromatic heterocycles. The zero-order chi connectivity index (χ0) is 8.82. The highest BCUT2D eigenvalue weighted by atomic mass is 16.7. The molecular weight excluding hydrogens is 156 g/mol. The summed E-state index contributed by atoms with van der Waals surface area (Å²) in [6.45, 7) is 4.43. The van der Waals surface area contributed by atoms with Gasteiger partial charge in [0.1, 0.15) is 0 Å². The molecule has 0 aromatic carbocycles. The fourth-order valence-corrected chi connectivity index (χ4v) is 1.64. The summed E-state index contributed by atoms with van der Waals surface area (Å²) in [5.74, 6) is -0.448. The van der Waals surface area contributed by atoms with Crippen molar-refractivity contribution in [1.82, 2.24) is 0 Å². The van der Waals surface area contributed by atoms with E-state index in [0.29, 0.717) is 6.61 Å². The van der Waals surface area contributed by atoms with Gasteiger partial charge in [0.15, 0.2) is 5.79 Å². The van der Waals surface area contributed by atoms with E-state index < -0.39 is 11.4 Å². The molecule has 3 nitrogen and oxygen atoms in total. The van der Waals surface area contributed by atoms with Gasteiger partial charge in [-0.05, 0) is 26.7 Å². The van der Waals surface area contributed by atoms with E-state index in [1.807, 2.05) is 13.8 Å². The minimum atomic E-state index is -0.448. The fraction of sp³-hybridized carbons (Fsp3) is 1.00. The fourth-order valence-electron chi connectivity index (χ4n) is 1.64. The monoisotopic (exact) mass is 172 g/mol. The zero-order valence-electron chi connectivity index (χ0n) is 7.67. The van der Waals surface area contributed by atoms with Gasteiger partial charge in [-0.25, -0.2) is 0 Å². The lowest BCUT2D eigenvalue weighted by atomic mass is 10.1. The summed E-state index contributed by atoms with van der Waals surface area (Å²) in [5.41, 5.74) is -0.422. The molecule has 1 saturated heterocycles. The molecule has 2 fully saturated rings. The van der Waals surface area contributed by atoms with Gasteiger partial charge in [-0.15, -0.1) is 0 Å². The van der Waals surface area contributed by atoms with Crippen molar-refractivity contribution in [2.24, 2.45) is 0 Å². The zero-order valence-corrected chi connectivity index (χ0v) is 7.67. The van der Waals surface area contributed by atoms with Crippen LogP contribution in [0.5, 0.6) is 0 Å². The smallest absolute Gasteiger partial charge is 0.163 e. The molecule has 2 rings (SSSR count). The van der Waals surface area contributed by atoms with Gasteiger partial charge < -0.3 is 14.6 Å². The van der Waals surface area contributed by atoms with Gasteiger partial charge >= 0.3 is 0 Å². The Balaban J connectivity index is 1.84. The highest BCUT2D eigenvalue weighted by Crippen LogP contribution is 2.41. The summed E-state index contributed by atoms with van der Waals surface area (Å²) in [6, 6.07) is 0. The average Bonchev–Trinajstić information content (AvgIpc) is 2.53. The summed E-state index contributed by atoms with van der Waals surface area (Å²) < 4.78 is 11.0. The molecule has 1 heterocycles. The normalized spacial score (nSPS) is 36.8. The van der Waals surface area contributed by atoms with E-state index in [4.69, 9.17) is 9.47 Å². The van der Waals surface area contributed by atoms with Gasteiger partial charge in [-0.1, -0.05) is 0 Å². The SMILES string of the molecule is CC1(C)OCC(CC2(O)CC2)O1. The van der Waals surface area contributed by atoms with E-state index in [0.717, 1.165) is 19.3 Å². The van der Waals surface area contributed by atoms with Gasteiger partial charge in [-0.3, -0.25) is 0 Å². The van der Waals surface area contributed by atoms with Crippen molar-refractivity contribution in [1.29, 1.82) is 0 Å². The van der Waals surface area contributed by atoms with Crippen LogP contribution >= 0.6 is 0 Å². The van der Waals surface area contributed by atoms with Crippen LogP contribution in [-0.2, 0) is 9.47 Å². The summed E-state index contributed by atoms with van der Waals surface area (Å²) in [5, 5.41) is 9.62. The van der Waals surface area contributed by atoms with E-state index in [9.17, 15) is 5.11 Å². The standard InChI is InChI=1S/C9H16O3/c1-8(2)11-6-7(12-8)5-9(10)3-4-9/h7,10H,3-6H2,1-2H3. The molecule has 0 radical (unpaired) electrons. The Labute approximate surface area is 72.7 Å². The van der Waals surface area contributed by atoms with Crippen molar-refractivity contribution in [2.45, 2.75) is 50.6 Å². The second-order valence-corrected chi connectivity index (χ2v) is 4.38. The van der Waals surface area contributed by atoms with Crippen LogP contribution in [0.1, 0.15) is 33.1 Å². The van der Waals surface area contributed by atoms with E-state index in [1.54, 1.807) is 0 Å². The van der Waals surface area contributed by atoms with Gasteiger partial charge in [0.25, 0.3) is 0 Å². The van der Waals surface area contributed by atoms with E-state index in [1.165, 1.54) is 0 Å². The number of hydrogen-bond acceptors (Lipinski definition) is 3. The molecule has 3 heteroatoms. The first-order chi connectivity index (χ1) is 5.49. The molecular formula is C9H16O3. The van der Waals surface area contributed by atoms with Crippen LogP contribution in [-0.4, -0.2) is 29.2 Å². The van der Waals surface area contributed by atoms with E-state index in [2.05, 4.69) is 0 Å². The topological polar surface area (TPSA) is 38.7 Å². The van der Waals surface area contributed by atoms with Gasteiger partial charge in [-0.2, -0.15) is 0 Å². The lowest BCUT2D eigenvalue weighted by molar-refractivity contribution is -0.142. The summed E-state index contributed by atoms with van der Waals surface area (Å²) in [6.07, 6.45) is 2.67. The third-order valence-electron chi connectivity index (χ3n) is 2.50. The minimum absolute atomic E-state index is 0.0903. The molecule has 2 aliphatic rings. The molecule has 0 aromatic rings. The second kappa shape index (κ2) is 2.44. The van der Waals surface area contributed by atoms with E-state index in [-0.39, 0.29) is 6.10 Å². The van der Waals surface area contributed by atoms with Crippen molar-refractivity contribution in [3.8, 4) is 0 Å². The largest absolute Gasteiger partial charge is 0.390 e. The molecule has 1 aliphatic carbocycles. The quantitative estimate of drug-likeness (QED) is 0.676. The van der Waals surface area contributed by atoms with Crippen LogP contribution < -0.4 is 0 Å². The lowest BCUT2D eigenvalue weighted by Gasteiger charge is -2.18. The molecule has 0 amide bonds. The Bertz CT molecular complexity index is 184. The maximum Gasteiger partial charge on any atom is 0.163 e. The minimum Gasteiger partial charge on any atom is -0.390 e. The van der Waals surface area contributed by atoms with Crippen LogP contribution in [0.4, 0.5) is 0 Å². The van der Waals surface area contributed by atoms with Crippen molar-refractivity contribution in [3.63, 3.8) is 0 Å². The third-order valence-corrected chi connectivity index (χ3v) is 2.50. The lowest BCUT2D eigenvalue weighted by Crippen LogP contribution is -2.24. The Morgan fingerprint density at radius 1 is 1.42 bits per heavy atom. The van der Waals surface area contributed by atoms with Crippen LogP contribution in [0.25, 0.3) is 0 Å². The molecule has 1 unspecified atom stereocenters. The maximum atomic E-state index is 9.62. The van der Waals surface area contributed by atoms with Gasteiger partial charge in [0.2, 0.25) is 0 Å². The summed E-state index contributed by atoms with van der Waals surface area (Å²) >= 11 is 0. The Morgan fingerprint density at radius 3 is 2.50 bits per heavy atom. The highest BCUT2D eigenvalue weighted by molar-refractivity contribution is 4.96. The first kappa shape index (κ1) is 8.48. The van der Waals surface area contributed by atoms with Crippen LogP contribution in [0.2, 0.25) is 0 Å². The molecule has 0 spiro atoms. The van der Waals surface area contributed by atoms with Crippen LogP contribution in [0, 0.1) is 0 Å². The molecule has 0 bridgehead atoms. The number of rotatable bonds is 2. The third kappa shape index (κ3) is 1.79. The Kier molecular flexibility index (Phi) is 1.72. The average molecular weight is 172 g/mol. The van der Waals surface area contributed by atoms with Crippen LogP contribution in [0.3, 0.4) is 0 Å². The van der Waals surface area contributed by atoms with Crippen molar-refractivity contribution < 1.29 is 14.6 Å². The molecule has 70 valence electrons. The highest BCUT2D eigenvalue weighted by Gasteiger charge is 2.45. The number of aliphatic hydroxyl groups is 1. The van der Waals surface area contributed by atoms with Gasteiger partial charge in [0, 0.05) is 6.42 Å². The molecule has 12 heavy (non-hydrogen) atoms. The Morgan fingerprint density at radius 2 is 2.08 bits per heavy atom. The van der Waals surface area contributed by atoms with Crippen molar-refractivity contribution in [3.05, 3.63) is 0 Å².